The fourth-order valence-electron chi connectivity index (χ4n) is 2.46. The lowest BCUT2D eigenvalue weighted by molar-refractivity contribution is 0.0785. The Hall–Kier alpha value is -2.71. The summed E-state index contributed by atoms with van der Waals surface area (Å²) in [6, 6.07) is 12.7. The molecule has 0 saturated heterocycles. The van der Waals surface area contributed by atoms with E-state index in [9.17, 15) is 17.6 Å². The van der Waals surface area contributed by atoms with E-state index in [4.69, 9.17) is 0 Å². The van der Waals surface area contributed by atoms with Crippen LogP contribution < -0.4 is 4.72 Å². The highest BCUT2D eigenvalue weighted by Gasteiger charge is 2.17. The summed E-state index contributed by atoms with van der Waals surface area (Å²) in [6.45, 7) is 0.481. The first-order valence-corrected chi connectivity index (χ1v) is 10.4. The molecule has 27 heavy (non-hydrogen) atoms. The Morgan fingerprint density at radius 1 is 1.07 bits per heavy atom. The largest absolute Gasteiger partial charge is 0.337 e. The summed E-state index contributed by atoms with van der Waals surface area (Å²) in [5, 5.41) is 3.92. The number of rotatable bonds is 6. The summed E-state index contributed by atoms with van der Waals surface area (Å²) in [5.41, 5.74) is 1.69. The van der Waals surface area contributed by atoms with Crippen molar-refractivity contribution in [2.45, 2.75) is 11.4 Å². The standard InChI is InChI=1S/C19H17FN2O3S2/c1-22(12-14-10-11-26-13-14)19(23)15-2-8-18(9-3-15)27(24,25)21-17-6-4-16(20)5-7-17/h2-11,13,21H,12H2,1H3. The number of halogens is 1. The quantitative estimate of drug-likeness (QED) is 0.676. The molecule has 0 aliphatic carbocycles. The second-order valence-electron chi connectivity index (χ2n) is 5.93. The molecule has 1 heterocycles. The molecule has 0 spiro atoms. The van der Waals surface area contributed by atoms with E-state index < -0.39 is 15.8 Å². The fraction of sp³-hybridized carbons (Fsp3) is 0.105. The normalized spacial score (nSPS) is 11.2. The number of anilines is 1. The van der Waals surface area contributed by atoms with Crippen LogP contribution in [0.15, 0.2) is 70.3 Å². The van der Waals surface area contributed by atoms with Crippen molar-refractivity contribution >= 4 is 33.0 Å². The molecule has 0 unspecified atom stereocenters. The molecule has 0 atom stereocenters. The van der Waals surface area contributed by atoms with Crippen molar-refractivity contribution in [3.8, 4) is 0 Å². The molecule has 3 rings (SSSR count). The molecule has 0 aliphatic heterocycles. The summed E-state index contributed by atoms with van der Waals surface area (Å²) >= 11 is 1.56. The van der Waals surface area contributed by atoms with E-state index in [0.717, 1.165) is 5.56 Å². The van der Waals surface area contributed by atoms with Crippen molar-refractivity contribution < 1.29 is 17.6 Å². The smallest absolute Gasteiger partial charge is 0.261 e. The topological polar surface area (TPSA) is 66.5 Å². The monoisotopic (exact) mass is 404 g/mol. The Morgan fingerprint density at radius 2 is 1.74 bits per heavy atom. The van der Waals surface area contributed by atoms with Gasteiger partial charge < -0.3 is 4.90 Å². The number of nitrogens with one attached hydrogen (secondary N) is 1. The lowest BCUT2D eigenvalue weighted by Gasteiger charge is -2.16. The average molecular weight is 404 g/mol. The zero-order valence-corrected chi connectivity index (χ0v) is 16.1. The molecule has 1 N–H and O–H groups in total. The predicted octanol–water partition coefficient (Wildman–Crippen LogP) is 3.96. The summed E-state index contributed by atoms with van der Waals surface area (Å²) in [4.78, 5) is 14.1. The lowest BCUT2D eigenvalue weighted by Crippen LogP contribution is -2.26. The van der Waals surface area contributed by atoms with Gasteiger partial charge in [0.1, 0.15) is 5.82 Å². The molecule has 0 saturated carbocycles. The number of sulfonamides is 1. The summed E-state index contributed by atoms with van der Waals surface area (Å²) in [5.74, 6) is -0.649. The third-order valence-corrected chi connectivity index (χ3v) is 5.98. The SMILES string of the molecule is CN(Cc1ccsc1)C(=O)c1ccc(S(=O)(=O)Nc2ccc(F)cc2)cc1. The minimum Gasteiger partial charge on any atom is -0.337 e. The molecule has 2 aromatic carbocycles. The molecule has 0 aliphatic rings. The number of hydrogen-bond acceptors (Lipinski definition) is 4. The van der Waals surface area contributed by atoms with Crippen LogP contribution in [0.25, 0.3) is 0 Å². The Balaban J connectivity index is 1.71. The van der Waals surface area contributed by atoms with E-state index in [0.29, 0.717) is 12.1 Å². The molecule has 1 aromatic heterocycles. The van der Waals surface area contributed by atoms with Crippen molar-refractivity contribution in [3.63, 3.8) is 0 Å². The van der Waals surface area contributed by atoms with Gasteiger partial charge in [0.25, 0.3) is 15.9 Å². The number of nitrogens with zero attached hydrogens (tertiary/aromatic N) is 1. The van der Waals surface area contributed by atoms with Crippen LogP contribution in [0.5, 0.6) is 0 Å². The van der Waals surface area contributed by atoms with Crippen LogP contribution in [0.4, 0.5) is 10.1 Å². The van der Waals surface area contributed by atoms with Crippen LogP contribution in [-0.2, 0) is 16.6 Å². The Kier molecular flexibility index (Phi) is 5.57. The first-order valence-electron chi connectivity index (χ1n) is 8.00. The number of hydrogen-bond donors (Lipinski definition) is 1. The van der Waals surface area contributed by atoms with Gasteiger partial charge in [-0.3, -0.25) is 9.52 Å². The molecule has 0 radical (unpaired) electrons. The van der Waals surface area contributed by atoms with E-state index >= 15 is 0 Å². The number of carbonyl (C=O) groups is 1. The lowest BCUT2D eigenvalue weighted by atomic mass is 10.2. The van der Waals surface area contributed by atoms with Gasteiger partial charge in [-0.1, -0.05) is 0 Å². The van der Waals surface area contributed by atoms with Crippen LogP contribution >= 0.6 is 11.3 Å². The van der Waals surface area contributed by atoms with Crippen LogP contribution in [0, 0.1) is 5.82 Å². The van der Waals surface area contributed by atoms with E-state index in [1.54, 1.807) is 23.3 Å². The van der Waals surface area contributed by atoms with Gasteiger partial charge in [-0.25, -0.2) is 12.8 Å². The van der Waals surface area contributed by atoms with Crippen molar-refractivity contribution in [1.82, 2.24) is 4.90 Å². The number of amides is 1. The van der Waals surface area contributed by atoms with Gasteiger partial charge >= 0.3 is 0 Å². The van der Waals surface area contributed by atoms with Crippen LogP contribution in [0.2, 0.25) is 0 Å². The van der Waals surface area contributed by atoms with Gasteiger partial charge in [0.15, 0.2) is 0 Å². The van der Waals surface area contributed by atoms with Crippen LogP contribution in [-0.4, -0.2) is 26.3 Å². The zero-order valence-electron chi connectivity index (χ0n) is 14.4. The van der Waals surface area contributed by atoms with Gasteiger partial charge in [0.05, 0.1) is 4.90 Å². The second kappa shape index (κ2) is 7.89. The average Bonchev–Trinajstić information content (AvgIpc) is 3.16. The first kappa shape index (κ1) is 19.1. The van der Waals surface area contributed by atoms with E-state index in [-0.39, 0.29) is 16.5 Å². The van der Waals surface area contributed by atoms with Gasteiger partial charge in [-0.05, 0) is 70.9 Å². The van der Waals surface area contributed by atoms with Gasteiger partial charge in [0, 0.05) is 24.8 Å². The van der Waals surface area contributed by atoms with E-state index in [1.165, 1.54) is 48.5 Å². The van der Waals surface area contributed by atoms with Crippen molar-refractivity contribution in [2.24, 2.45) is 0 Å². The highest BCUT2D eigenvalue weighted by Crippen LogP contribution is 2.18. The maximum atomic E-state index is 12.9. The molecular weight excluding hydrogens is 387 g/mol. The molecular formula is C19H17FN2O3S2. The zero-order chi connectivity index (χ0) is 19.4. The molecule has 0 bridgehead atoms. The van der Waals surface area contributed by atoms with E-state index in [1.807, 2.05) is 16.8 Å². The fourth-order valence-corrected chi connectivity index (χ4v) is 4.18. The van der Waals surface area contributed by atoms with Crippen molar-refractivity contribution in [2.75, 3.05) is 11.8 Å². The molecule has 0 fully saturated rings. The van der Waals surface area contributed by atoms with Gasteiger partial charge in [-0.15, -0.1) is 0 Å². The minimum atomic E-state index is -3.83. The minimum absolute atomic E-state index is 0.0175. The third kappa shape index (κ3) is 4.72. The summed E-state index contributed by atoms with van der Waals surface area (Å²) in [7, 11) is -2.13. The Bertz CT molecular complexity index is 1020. The maximum absolute atomic E-state index is 12.9. The summed E-state index contributed by atoms with van der Waals surface area (Å²) in [6.07, 6.45) is 0. The highest BCUT2D eigenvalue weighted by atomic mass is 32.2. The van der Waals surface area contributed by atoms with Gasteiger partial charge in [-0.2, -0.15) is 11.3 Å². The Labute approximate surface area is 161 Å². The molecule has 3 aromatic rings. The summed E-state index contributed by atoms with van der Waals surface area (Å²) < 4.78 is 40.1. The van der Waals surface area contributed by atoms with E-state index in [2.05, 4.69) is 4.72 Å². The molecule has 1 amide bonds. The predicted molar refractivity (Wildman–Crippen MR) is 104 cm³/mol. The molecule has 140 valence electrons. The number of carbonyl (C=O) groups excluding carboxylic acids is 1. The third-order valence-electron chi connectivity index (χ3n) is 3.85. The van der Waals surface area contributed by atoms with Crippen LogP contribution in [0.3, 0.4) is 0 Å². The van der Waals surface area contributed by atoms with Crippen molar-refractivity contribution in [3.05, 3.63) is 82.3 Å². The number of benzene rings is 2. The second-order valence-corrected chi connectivity index (χ2v) is 8.39. The van der Waals surface area contributed by atoms with Gasteiger partial charge in [0.2, 0.25) is 0 Å². The molecule has 5 nitrogen and oxygen atoms in total. The molecule has 8 heteroatoms. The maximum Gasteiger partial charge on any atom is 0.261 e. The van der Waals surface area contributed by atoms with Crippen molar-refractivity contribution in [1.29, 1.82) is 0 Å². The first-order chi connectivity index (χ1) is 12.8. The Morgan fingerprint density at radius 3 is 2.33 bits per heavy atom. The number of thiophene rings is 1. The van der Waals surface area contributed by atoms with Crippen LogP contribution in [0.1, 0.15) is 15.9 Å². The highest BCUT2D eigenvalue weighted by molar-refractivity contribution is 7.92.